The second kappa shape index (κ2) is 11.6. The minimum absolute atomic E-state index is 0.197. The van der Waals surface area contributed by atoms with Gasteiger partial charge in [0.15, 0.2) is 11.6 Å². The van der Waals surface area contributed by atoms with Gasteiger partial charge in [-0.3, -0.25) is 0 Å². The largest absolute Gasteiger partial charge is 0.494 e. The molecular formula is C25H38FN7O. The second-order valence-corrected chi connectivity index (χ2v) is 9.55. The third kappa shape index (κ3) is 6.25. The molecule has 4 atom stereocenters. The first kappa shape index (κ1) is 24.4. The molecule has 4 rings (SSSR count). The van der Waals surface area contributed by atoms with Crippen molar-refractivity contribution in [2.24, 2.45) is 11.8 Å². The molecule has 4 N–H and O–H groups in total. The lowest BCUT2D eigenvalue weighted by atomic mass is 9.80. The van der Waals surface area contributed by atoms with Crippen LogP contribution in [0.1, 0.15) is 58.8 Å². The summed E-state index contributed by atoms with van der Waals surface area (Å²) in [5.74, 6) is 2.48. The van der Waals surface area contributed by atoms with Gasteiger partial charge in [-0.15, -0.1) is 0 Å². The molecule has 9 heteroatoms. The first-order valence-corrected chi connectivity index (χ1v) is 12.7. The van der Waals surface area contributed by atoms with E-state index in [1.807, 2.05) is 0 Å². The van der Waals surface area contributed by atoms with Crippen LogP contribution in [-0.4, -0.2) is 47.2 Å². The molecule has 1 aromatic heterocycles. The summed E-state index contributed by atoms with van der Waals surface area (Å²) in [6.07, 6.45) is 8.38. The Morgan fingerprint density at radius 1 is 1.09 bits per heavy atom. The molecular weight excluding hydrogens is 433 g/mol. The van der Waals surface area contributed by atoms with Crippen LogP contribution in [-0.2, 0) is 0 Å². The molecule has 4 unspecified atom stereocenters. The molecule has 0 radical (unpaired) electrons. The van der Waals surface area contributed by atoms with Gasteiger partial charge in [0.2, 0.25) is 17.8 Å². The molecule has 0 spiro atoms. The molecule has 186 valence electrons. The van der Waals surface area contributed by atoms with E-state index >= 15 is 0 Å². The van der Waals surface area contributed by atoms with Crippen LogP contribution in [0.3, 0.4) is 0 Å². The predicted octanol–water partition coefficient (Wildman–Crippen LogP) is 4.94. The number of hydrogen-bond donors (Lipinski definition) is 4. The summed E-state index contributed by atoms with van der Waals surface area (Å²) in [4.78, 5) is 13.9. The van der Waals surface area contributed by atoms with E-state index in [4.69, 9.17) is 4.74 Å². The lowest BCUT2D eigenvalue weighted by Gasteiger charge is -2.29. The molecule has 1 aliphatic carbocycles. The molecule has 2 aliphatic rings. The molecule has 2 heterocycles. The number of halogens is 1. The molecule has 34 heavy (non-hydrogen) atoms. The van der Waals surface area contributed by atoms with Crippen LogP contribution in [0, 0.1) is 17.7 Å². The molecule has 0 amide bonds. The van der Waals surface area contributed by atoms with E-state index in [-0.39, 0.29) is 11.8 Å². The van der Waals surface area contributed by atoms with E-state index in [1.54, 1.807) is 12.1 Å². The summed E-state index contributed by atoms with van der Waals surface area (Å²) < 4.78 is 19.2. The number of nitrogens with one attached hydrogen (secondary N) is 4. The molecule has 2 aromatic rings. The second-order valence-electron chi connectivity index (χ2n) is 9.55. The Morgan fingerprint density at radius 3 is 2.59 bits per heavy atom. The Morgan fingerprint density at radius 2 is 1.88 bits per heavy atom. The maximum Gasteiger partial charge on any atom is 0.233 e. The highest BCUT2D eigenvalue weighted by atomic mass is 19.1. The topological polar surface area (TPSA) is 96.0 Å². The number of aromatic nitrogens is 3. The predicted molar refractivity (Wildman–Crippen MR) is 134 cm³/mol. The van der Waals surface area contributed by atoms with Crippen molar-refractivity contribution in [3.8, 4) is 5.75 Å². The van der Waals surface area contributed by atoms with E-state index in [9.17, 15) is 4.39 Å². The standard InChI is InChI=1S/C25H38FN7O/c1-4-20(21-10-7-13-27-21)30-25-32-23(28-15-17-9-6-5-8-16(17)2)31-24(33-25)29-18-11-12-22(34-3)19(26)14-18/h11-12,14,16-17,20-21,27H,4-10,13,15H2,1-3H3,(H3,28,29,30,31,32,33). The van der Waals surface area contributed by atoms with Gasteiger partial charge < -0.3 is 26.0 Å². The zero-order valence-corrected chi connectivity index (χ0v) is 20.5. The summed E-state index contributed by atoms with van der Waals surface area (Å²) in [5, 5.41) is 13.7. The summed E-state index contributed by atoms with van der Waals surface area (Å²) in [6, 6.07) is 5.33. The Kier molecular flexibility index (Phi) is 8.37. The summed E-state index contributed by atoms with van der Waals surface area (Å²) in [6.45, 7) is 6.38. The third-order valence-corrected chi connectivity index (χ3v) is 7.19. The Labute approximate surface area is 201 Å². The van der Waals surface area contributed by atoms with Crippen molar-refractivity contribution in [1.82, 2.24) is 20.3 Å². The molecule has 8 nitrogen and oxygen atoms in total. The van der Waals surface area contributed by atoms with Crippen molar-refractivity contribution < 1.29 is 9.13 Å². The van der Waals surface area contributed by atoms with Crippen molar-refractivity contribution in [2.75, 3.05) is 36.1 Å². The molecule has 1 aliphatic heterocycles. The van der Waals surface area contributed by atoms with Crippen LogP contribution in [0.2, 0.25) is 0 Å². The van der Waals surface area contributed by atoms with Crippen molar-refractivity contribution in [1.29, 1.82) is 0 Å². The fourth-order valence-electron chi connectivity index (χ4n) is 5.08. The molecule has 1 aromatic carbocycles. The zero-order chi connectivity index (χ0) is 23.9. The average Bonchev–Trinajstić information content (AvgIpc) is 3.37. The van der Waals surface area contributed by atoms with Gasteiger partial charge in [-0.05, 0) is 56.2 Å². The van der Waals surface area contributed by atoms with Gasteiger partial charge in [-0.1, -0.05) is 33.1 Å². The van der Waals surface area contributed by atoms with Gasteiger partial charge in [0.05, 0.1) is 7.11 Å². The van der Waals surface area contributed by atoms with Crippen molar-refractivity contribution in [2.45, 2.75) is 70.9 Å². The molecule has 2 fully saturated rings. The maximum atomic E-state index is 14.2. The third-order valence-electron chi connectivity index (χ3n) is 7.19. The fourth-order valence-corrected chi connectivity index (χ4v) is 5.08. The number of anilines is 4. The van der Waals surface area contributed by atoms with E-state index < -0.39 is 5.82 Å². The first-order chi connectivity index (χ1) is 16.6. The van der Waals surface area contributed by atoms with Gasteiger partial charge in [0, 0.05) is 30.4 Å². The number of benzene rings is 1. The van der Waals surface area contributed by atoms with Crippen LogP contribution in [0.15, 0.2) is 18.2 Å². The lowest BCUT2D eigenvalue weighted by molar-refractivity contribution is 0.268. The lowest BCUT2D eigenvalue weighted by Crippen LogP contribution is -2.40. The summed E-state index contributed by atoms with van der Waals surface area (Å²) in [7, 11) is 1.45. The van der Waals surface area contributed by atoms with E-state index in [0.717, 1.165) is 25.9 Å². The minimum atomic E-state index is -0.442. The Balaban J connectivity index is 1.53. The van der Waals surface area contributed by atoms with Crippen LogP contribution in [0.5, 0.6) is 5.75 Å². The Bertz CT molecular complexity index is 937. The van der Waals surface area contributed by atoms with Crippen LogP contribution >= 0.6 is 0 Å². The SMILES string of the molecule is CCC(Nc1nc(NCC2CCCCC2C)nc(Nc2ccc(OC)c(F)c2)n1)C1CCCN1. The fraction of sp³-hybridized carbons (Fsp3) is 0.640. The number of methoxy groups -OCH3 is 1. The van der Waals surface area contributed by atoms with E-state index in [1.165, 1.54) is 45.3 Å². The zero-order valence-electron chi connectivity index (χ0n) is 20.5. The molecule has 1 saturated carbocycles. The monoisotopic (exact) mass is 471 g/mol. The van der Waals surface area contributed by atoms with E-state index in [0.29, 0.717) is 41.4 Å². The van der Waals surface area contributed by atoms with Gasteiger partial charge in [-0.25, -0.2) is 4.39 Å². The highest BCUT2D eigenvalue weighted by Crippen LogP contribution is 2.30. The Hall–Kier alpha value is -2.68. The quantitative estimate of drug-likeness (QED) is 0.387. The summed E-state index contributed by atoms with van der Waals surface area (Å²) >= 11 is 0. The highest BCUT2D eigenvalue weighted by molar-refractivity contribution is 5.57. The van der Waals surface area contributed by atoms with Gasteiger partial charge >= 0.3 is 0 Å². The van der Waals surface area contributed by atoms with Crippen LogP contribution in [0.4, 0.5) is 27.9 Å². The van der Waals surface area contributed by atoms with Gasteiger partial charge in [0.1, 0.15) is 0 Å². The first-order valence-electron chi connectivity index (χ1n) is 12.7. The van der Waals surface area contributed by atoms with E-state index in [2.05, 4.69) is 50.1 Å². The molecule has 1 saturated heterocycles. The maximum absolute atomic E-state index is 14.2. The molecule has 0 bridgehead atoms. The smallest absolute Gasteiger partial charge is 0.233 e. The summed E-state index contributed by atoms with van der Waals surface area (Å²) in [5.41, 5.74) is 0.548. The number of hydrogen-bond acceptors (Lipinski definition) is 8. The van der Waals surface area contributed by atoms with Gasteiger partial charge in [0.25, 0.3) is 0 Å². The van der Waals surface area contributed by atoms with Crippen LogP contribution in [0.25, 0.3) is 0 Å². The average molecular weight is 472 g/mol. The highest BCUT2D eigenvalue weighted by Gasteiger charge is 2.25. The van der Waals surface area contributed by atoms with Crippen molar-refractivity contribution in [3.63, 3.8) is 0 Å². The van der Waals surface area contributed by atoms with Crippen molar-refractivity contribution in [3.05, 3.63) is 24.0 Å². The normalized spacial score (nSPS) is 23.4. The number of nitrogens with zero attached hydrogens (tertiary/aromatic N) is 3. The van der Waals surface area contributed by atoms with Crippen LogP contribution < -0.4 is 26.0 Å². The van der Waals surface area contributed by atoms with Crippen molar-refractivity contribution >= 4 is 23.5 Å². The van der Waals surface area contributed by atoms with Gasteiger partial charge in [-0.2, -0.15) is 15.0 Å². The minimum Gasteiger partial charge on any atom is -0.494 e. The number of rotatable bonds is 10. The number of ether oxygens (including phenoxy) is 1.